The zero-order valence-electron chi connectivity index (χ0n) is 20.7. The zero-order valence-corrected chi connectivity index (χ0v) is 22.3. The molecule has 0 amide bonds. The van der Waals surface area contributed by atoms with Crippen molar-refractivity contribution in [1.82, 2.24) is 0 Å². The van der Waals surface area contributed by atoms with Crippen LogP contribution in [-0.2, 0) is 12.8 Å². The molecule has 1 fully saturated rings. The van der Waals surface area contributed by atoms with E-state index in [-0.39, 0.29) is 11.8 Å². The van der Waals surface area contributed by atoms with E-state index in [1.54, 1.807) is 12.4 Å². The van der Waals surface area contributed by atoms with Gasteiger partial charge in [0.1, 0.15) is 17.4 Å². The van der Waals surface area contributed by atoms with E-state index in [2.05, 4.69) is 51.9 Å². The topological polar surface area (TPSA) is 78.7 Å². The summed E-state index contributed by atoms with van der Waals surface area (Å²) < 4.78 is 6.60. The van der Waals surface area contributed by atoms with Crippen molar-refractivity contribution >= 4 is 34.1 Å². The van der Waals surface area contributed by atoms with Gasteiger partial charge in [-0.3, -0.25) is 14.8 Å². The molecule has 35 heavy (non-hydrogen) atoms. The highest BCUT2D eigenvalue weighted by Gasteiger charge is 2.31. The second-order valence-corrected chi connectivity index (χ2v) is 10.7. The van der Waals surface area contributed by atoms with Crippen LogP contribution in [-0.4, -0.2) is 30.8 Å². The number of hydrogen-bond acceptors (Lipinski definition) is 5. The van der Waals surface area contributed by atoms with E-state index in [4.69, 9.17) is 4.42 Å². The van der Waals surface area contributed by atoms with Gasteiger partial charge in [0.2, 0.25) is 0 Å². The lowest BCUT2D eigenvalue weighted by molar-refractivity contribution is 0.0941. The predicted molar refractivity (Wildman–Crippen MR) is 144 cm³/mol. The molecular weight excluding hydrogens is 502 g/mol. The largest absolute Gasteiger partial charge is 0.452 e. The number of benzene rings is 1. The van der Waals surface area contributed by atoms with Crippen LogP contribution in [0.5, 0.6) is 0 Å². The third-order valence-corrected chi connectivity index (χ3v) is 8.33. The maximum Gasteiger partial charge on any atom is 0.187 e. The van der Waals surface area contributed by atoms with Gasteiger partial charge >= 0.3 is 0 Å². The molecule has 2 aromatic rings. The molecule has 1 saturated carbocycles. The van der Waals surface area contributed by atoms with Crippen molar-refractivity contribution in [3.63, 3.8) is 0 Å². The van der Waals surface area contributed by atoms with Crippen LogP contribution in [0.3, 0.4) is 0 Å². The minimum atomic E-state index is 0.169. The molecule has 4 rings (SSSR count). The maximum atomic E-state index is 13.5. The quantitative estimate of drug-likeness (QED) is 0.279. The second-order valence-electron chi connectivity index (χ2n) is 9.93. The normalized spacial score (nSPS) is 24.5. The number of nitriles is 1. The molecule has 0 radical (unpaired) electrons. The average Bonchev–Trinajstić information content (AvgIpc) is 3.01. The average molecular weight is 537 g/mol. The van der Waals surface area contributed by atoms with Gasteiger partial charge in [-0.05, 0) is 78.3 Å². The number of aliphatic imine (C=N–C) groups is 2. The Morgan fingerprint density at radius 1 is 1.17 bits per heavy atom. The van der Waals surface area contributed by atoms with Crippen molar-refractivity contribution in [2.75, 3.05) is 6.54 Å². The number of nitrogens with zero attached hydrogens (tertiary/aromatic N) is 3. The Balaban J connectivity index is 1.45. The van der Waals surface area contributed by atoms with Crippen molar-refractivity contribution in [3.8, 4) is 6.07 Å². The van der Waals surface area contributed by atoms with Gasteiger partial charge in [-0.2, -0.15) is 5.26 Å². The molecule has 184 valence electrons. The van der Waals surface area contributed by atoms with Gasteiger partial charge in [0, 0.05) is 42.4 Å². The Bertz CT molecular complexity index is 1140. The minimum Gasteiger partial charge on any atom is -0.452 e. The third-order valence-electron chi connectivity index (χ3n) is 7.77. The molecular formula is C29H34BrN3O2. The number of carbonyl (C=O) groups is 1. The van der Waals surface area contributed by atoms with E-state index in [1.165, 1.54) is 0 Å². The summed E-state index contributed by atoms with van der Waals surface area (Å²) in [5.74, 6) is 2.33. The van der Waals surface area contributed by atoms with Crippen molar-refractivity contribution < 1.29 is 9.21 Å². The molecule has 0 bridgehead atoms. The highest BCUT2D eigenvalue weighted by molar-refractivity contribution is 9.10. The Hall–Kier alpha value is -2.52. The first-order chi connectivity index (χ1) is 17.0. The lowest BCUT2D eigenvalue weighted by Gasteiger charge is -2.21. The number of carbonyl (C=O) groups excluding carboxylic acids is 1. The SMILES string of the molecule is CCc1c(C2CCC(C)C(CC(=O)c3ccccc3CC3CCN=CC=N3)CC2)oc(Br)c1C#N. The standard InChI is InChI=1S/C29H34BrN3O2/c1-3-24-26(18-31)29(30)35-28(24)20-9-8-19(2)21(11-10-20)17-27(34)25-7-5-4-6-22(25)16-23-12-13-32-14-15-33-23/h4-7,14-15,19-21,23H,3,8-13,16-17H2,1-2H3. The molecule has 5 nitrogen and oxygen atoms in total. The van der Waals surface area contributed by atoms with Crippen LogP contribution in [0, 0.1) is 23.2 Å². The predicted octanol–water partition coefficient (Wildman–Crippen LogP) is 7.12. The van der Waals surface area contributed by atoms with Gasteiger partial charge in [-0.1, -0.05) is 38.1 Å². The Kier molecular flexibility index (Phi) is 8.73. The smallest absolute Gasteiger partial charge is 0.187 e. The van der Waals surface area contributed by atoms with Crippen molar-refractivity contribution in [3.05, 3.63) is 56.9 Å². The van der Waals surface area contributed by atoms with Crippen molar-refractivity contribution in [1.29, 1.82) is 5.26 Å². The van der Waals surface area contributed by atoms with E-state index >= 15 is 0 Å². The maximum absolute atomic E-state index is 13.5. The number of Topliss-reactive ketones (excluding diaryl/α,β-unsaturated/α-hetero) is 1. The minimum absolute atomic E-state index is 0.169. The Morgan fingerprint density at radius 2 is 1.97 bits per heavy atom. The molecule has 0 saturated heterocycles. The summed E-state index contributed by atoms with van der Waals surface area (Å²) in [6.07, 6.45) is 10.7. The summed E-state index contributed by atoms with van der Waals surface area (Å²) >= 11 is 3.43. The Morgan fingerprint density at radius 3 is 2.77 bits per heavy atom. The fourth-order valence-electron chi connectivity index (χ4n) is 5.66. The van der Waals surface area contributed by atoms with E-state index < -0.39 is 0 Å². The number of furan rings is 1. The highest BCUT2D eigenvalue weighted by atomic mass is 79.9. The molecule has 2 aliphatic rings. The first-order valence-electron chi connectivity index (χ1n) is 12.9. The second kappa shape index (κ2) is 11.9. The summed E-state index contributed by atoms with van der Waals surface area (Å²) in [5.41, 5.74) is 3.61. The molecule has 2 heterocycles. The van der Waals surface area contributed by atoms with Gasteiger partial charge in [0.15, 0.2) is 10.5 Å². The van der Waals surface area contributed by atoms with E-state index in [0.717, 1.165) is 73.9 Å². The highest BCUT2D eigenvalue weighted by Crippen LogP contribution is 2.42. The van der Waals surface area contributed by atoms with Gasteiger partial charge in [0.05, 0.1) is 6.04 Å². The van der Waals surface area contributed by atoms with Crippen LogP contribution < -0.4 is 0 Å². The van der Waals surface area contributed by atoms with E-state index in [9.17, 15) is 10.1 Å². The molecule has 0 N–H and O–H groups in total. The van der Waals surface area contributed by atoms with Crippen LogP contribution in [0.25, 0.3) is 0 Å². The first-order valence-corrected chi connectivity index (χ1v) is 13.6. The summed E-state index contributed by atoms with van der Waals surface area (Å²) in [4.78, 5) is 22.4. The first kappa shape index (κ1) is 25.6. The summed E-state index contributed by atoms with van der Waals surface area (Å²) in [7, 11) is 0. The molecule has 1 aliphatic carbocycles. The molecule has 4 unspecified atom stereocenters. The van der Waals surface area contributed by atoms with Gasteiger partial charge in [-0.15, -0.1) is 0 Å². The van der Waals surface area contributed by atoms with Crippen LogP contribution in [0.2, 0.25) is 0 Å². The Labute approximate surface area is 216 Å². The molecule has 6 heteroatoms. The molecule has 4 atom stereocenters. The van der Waals surface area contributed by atoms with Crippen LogP contribution in [0.4, 0.5) is 0 Å². The van der Waals surface area contributed by atoms with Gasteiger partial charge in [0.25, 0.3) is 0 Å². The molecule has 0 spiro atoms. The number of rotatable bonds is 7. The van der Waals surface area contributed by atoms with Crippen LogP contribution >= 0.6 is 15.9 Å². The number of hydrogen-bond donors (Lipinski definition) is 0. The fraction of sp³-hybridized carbons (Fsp3) is 0.517. The number of ketones is 1. The summed E-state index contributed by atoms with van der Waals surface area (Å²) in [5, 5.41) is 9.54. The summed E-state index contributed by atoms with van der Waals surface area (Å²) in [6.45, 7) is 5.14. The zero-order chi connectivity index (χ0) is 24.8. The lowest BCUT2D eigenvalue weighted by Crippen LogP contribution is -2.18. The summed E-state index contributed by atoms with van der Waals surface area (Å²) in [6, 6.07) is 10.5. The van der Waals surface area contributed by atoms with Gasteiger partial charge < -0.3 is 4.42 Å². The van der Waals surface area contributed by atoms with E-state index in [0.29, 0.717) is 34.4 Å². The van der Waals surface area contributed by atoms with Crippen LogP contribution in [0.15, 0.2) is 43.3 Å². The van der Waals surface area contributed by atoms with Crippen molar-refractivity contribution in [2.24, 2.45) is 21.8 Å². The third kappa shape index (κ3) is 6.01. The molecule has 1 aromatic carbocycles. The monoisotopic (exact) mass is 535 g/mol. The number of halogens is 1. The fourth-order valence-corrected chi connectivity index (χ4v) is 6.16. The molecule has 1 aromatic heterocycles. The van der Waals surface area contributed by atoms with Crippen molar-refractivity contribution in [2.45, 2.75) is 77.2 Å². The molecule has 1 aliphatic heterocycles. The van der Waals surface area contributed by atoms with E-state index in [1.807, 2.05) is 18.2 Å². The van der Waals surface area contributed by atoms with Gasteiger partial charge in [-0.25, -0.2) is 0 Å². The van der Waals surface area contributed by atoms with Crippen LogP contribution in [0.1, 0.15) is 91.1 Å². The lowest BCUT2D eigenvalue weighted by atomic mass is 9.83.